The minimum atomic E-state index is -0.294. The Kier molecular flexibility index (Phi) is 7.34. The summed E-state index contributed by atoms with van der Waals surface area (Å²) in [7, 11) is 0. The molecular weight excluding hydrogens is 359 g/mol. The summed E-state index contributed by atoms with van der Waals surface area (Å²) in [6, 6.07) is 14.4. The van der Waals surface area contributed by atoms with Crippen molar-refractivity contribution >= 4 is 40.9 Å². The van der Waals surface area contributed by atoms with Gasteiger partial charge in [-0.3, -0.25) is 4.79 Å². The number of rotatable bonds is 7. The number of nitriles is 1. The summed E-state index contributed by atoms with van der Waals surface area (Å²) < 4.78 is 5.54. The summed E-state index contributed by atoms with van der Waals surface area (Å²) in [5.41, 5.74) is 1.28. The van der Waals surface area contributed by atoms with E-state index in [1.54, 1.807) is 48.5 Å². The van der Waals surface area contributed by atoms with Crippen LogP contribution in [0.5, 0.6) is 5.75 Å². The lowest BCUT2D eigenvalue weighted by Gasteiger charge is -2.07. The van der Waals surface area contributed by atoms with Gasteiger partial charge in [0.1, 0.15) is 5.75 Å². The van der Waals surface area contributed by atoms with Crippen LogP contribution in [0.4, 0.5) is 5.69 Å². The first-order chi connectivity index (χ1) is 12.1. The highest BCUT2D eigenvalue weighted by Gasteiger charge is 2.03. The zero-order chi connectivity index (χ0) is 18.1. The molecule has 0 fully saturated rings. The molecule has 0 aromatic heterocycles. The summed E-state index contributed by atoms with van der Waals surface area (Å²) in [5, 5.41) is 12.1. The number of benzene rings is 2. The Morgan fingerprint density at radius 2 is 2.04 bits per heavy atom. The van der Waals surface area contributed by atoms with Crippen LogP contribution < -0.4 is 10.1 Å². The molecule has 0 saturated heterocycles. The van der Waals surface area contributed by atoms with Gasteiger partial charge in [-0.15, -0.1) is 0 Å². The second-order valence-corrected chi connectivity index (χ2v) is 5.89. The second-order valence-electron chi connectivity index (χ2n) is 5.10. The fourth-order valence-electron chi connectivity index (χ4n) is 2.00. The molecule has 0 radical (unpaired) electrons. The highest BCUT2D eigenvalue weighted by Crippen LogP contribution is 2.26. The Morgan fingerprint density at radius 1 is 1.24 bits per heavy atom. The molecule has 0 aliphatic heterocycles. The summed E-state index contributed by atoms with van der Waals surface area (Å²) in [4.78, 5) is 12.0. The van der Waals surface area contributed by atoms with Crippen molar-refractivity contribution in [3.63, 3.8) is 0 Å². The second kappa shape index (κ2) is 9.73. The molecule has 0 bridgehead atoms. The minimum Gasteiger partial charge on any atom is -0.493 e. The van der Waals surface area contributed by atoms with Gasteiger partial charge in [-0.05, 0) is 36.3 Å². The predicted molar refractivity (Wildman–Crippen MR) is 101 cm³/mol. The van der Waals surface area contributed by atoms with Gasteiger partial charge in [0.05, 0.1) is 22.7 Å². The van der Waals surface area contributed by atoms with Crippen molar-refractivity contribution in [1.82, 2.24) is 0 Å². The molecule has 0 aliphatic carbocycles. The van der Waals surface area contributed by atoms with Crippen molar-refractivity contribution in [2.45, 2.75) is 12.8 Å². The maximum atomic E-state index is 12.0. The SMILES string of the molecule is N#CCCCOc1cccc(NC(=O)/C=C/c2cccc(Cl)c2Cl)c1. The van der Waals surface area contributed by atoms with E-state index in [0.717, 1.165) is 0 Å². The fraction of sp³-hybridized carbons (Fsp3) is 0.158. The fourth-order valence-corrected chi connectivity index (χ4v) is 2.37. The van der Waals surface area contributed by atoms with Gasteiger partial charge >= 0.3 is 0 Å². The zero-order valence-corrected chi connectivity index (χ0v) is 14.8. The molecule has 0 atom stereocenters. The zero-order valence-electron chi connectivity index (χ0n) is 13.3. The number of amides is 1. The standard InChI is InChI=1S/C19H16Cl2N2O2/c20-17-8-3-5-14(19(17)21)9-10-18(24)23-15-6-4-7-16(13-15)25-12-2-1-11-22/h3-10,13H,1-2,12H2,(H,23,24)/b10-9+. The van der Waals surface area contributed by atoms with E-state index in [1.807, 2.05) is 0 Å². The van der Waals surface area contributed by atoms with Crippen LogP contribution in [-0.4, -0.2) is 12.5 Å². The van der Waals surface area contributed by atoms with Crippen molar-refractivity contribution in [3.05, 3.63) is 64.1 Å². The Balaban J connectivity index is 1.95. The molecule has 1 N–H and O–H groups in total. The number of hydrogen-bond donors (Lipinski definition) is 1. The Labute approximate surface area is 156 Å². The molecule has 2 aromatic rings. The lowest BCUT2D eigenvalue weighted by molar-refractivity contribution is -0.111. The Hall–Kier alpha value is -2.48. The molecular formula is C19H16Cl2N2O2. The topological polar surface area (TPSA) is 62.1 Å². The first-order valence-corrected chi connectivity index (χ1v) is 8.38. The van der Waals surface area contributed by atoms with Gasteiger partial charge in [-0.25, -0.2) is 0 Å². The van der Waals surface area contributed by atoms with Gasteiger partial charge in [-0.2, -0.15) is 5.26 Å². The molecule has 2 rings (SSSR count). The minimum absolute atomic E-state index is 0.294. The number of hydrogen-bond acceptors (Lipinski definition) is 3. The third-order valence-electron chi connectivity index (χ3n) is 3.20. The molecule has 4 nitrogen and oxygen atoms in total. The third kappa shape index (κ3) is 6.15. The first-order valence-electron chi connectivity index (χ1n) is 7.63. The number of carbonyl (C=O) groups is 1. The van der Waals surface area contributed by atoms with E-state index >= 15 is 0 Å². The number of ether oxygens (including phenoxy) is 1. The smallest absolute Gasteiger partial charge is 0.248 e. The molecule has 0 saturated carbocycles. The average molecular weight is 375 g/mol. The third-order valence-corrected chi connectivity index (χ3v) is 4.03. The average Bonchev–Trinajstić information content (AvgIpc) is 2.60. The van der Waals surface area contributed by atoms with Gasteiger partial charge in [0, 0.05) is 24.3 Å². The molecule has 25 heavy (non-hydrogen) atoms. The maximum absolute atomic E-state index is 12.0. The van der Waals surface area contributed by atoms with Crippen molar-refractivity contribution in [1.29, 1.82) is 5.26 Å². The van der Waals surface area contributed by atoms with Gasteiger partial charge in [-0.1, -0.05) is 41.4 Å². The van der Waals surface area contributed by atoms with E-state index in [2.05, 4.69) is 11.4 Å². The van der Waals surface area contributed by atoms with E-state index in [1.165, 1.54) is 6.08 Å². The molecule has 128 valence electrons. The van der Waals surface area contributed by atoms with Gasteiger partial charge in [0.25, 0.3) is 0 Å². The van der Waals surface area contributed by atoms with Crippen molar-refractivity contribution in [2.24, 2.45) is 0 Å². The normalized spacial score (nSPS) is 10.4. The van der Waals surface area contributed by atoms with Crippen molar-refractivity contribution in [3.8, 4) is 11.8 Å². The van der Waals surface area contributed by atoms with Gasteiger partial charge < -0.3 is 10.1 Å². The van der Waals surface area contributed by atoms with E-state index < -0.39 is 0 Å². The highest BCUT2D eigenvalue weighted by molar-refractivity contribution is 6.42. The number of unbranched alkanes of at least 4 members (excludes halogenated alkanes) is 1. The van der Waals surface area contributed by atoms with Crippen LogP contribution in [0.25, 0.3) is 6.08 Å². The molecule has 0 spiro atoms. The predicted octanol–water partition coefficient (Wildman–Crippen LogP) is 5.33. The van der Waals surface area contributed by atoms with Crippen LogP contribution in [0, 0.1) is 11.3 Å². The Bertz CT molecular complexity index is 813. The largest absolute Gasteiger partial charge is 0.493 e. The summed E-state index contributed by atoms with van der Waals surface area (Å²) in [6.07, 6.45) is 4.10. The van der Waals surface area contributed by atoms with Crippen molar-refractivity contribution in [2.75, 3.05) is 11.9 Å². The maximum Gasteiger partial charge on any atom is 0.248 e. The summed E-state index contributed by atoms with van der Waals surface area (Å²) >= 11 is 12.0. The summed E-state index contributed by atoms with van der Waals surface area (Å²) in [5.74, 6) is 0.343. The molecule has 0 aliphatic rings. The monoisotopic (exact) mass is 374 g/mol. The molecule has 0 heterocycles. The number of nitrogens with zero attached hydrogens (tertiary/aromatic N) is 1. The number of nitrogens with one attached hydrogen (secondary N) is 1. The molecule has 1 amide bonds. The van der Waals surface area contributed by atoms with Gasteiger partial charge in [0.15, 0.2) is 0 Å². The molecule has 0 unspecified atom stereocenters. The van der Waals surface area contributed by atoms with E-state index in [9.17, 15) is 4.79 Å². The quantitative estimate of drug-likeness (QED) is 0.526. The number of halogens is 2. The number of anilines is 1. The van der Waals surface area contributed by atoms with E-state index in [0.29, 0.717) is 46.5 Å². The van der Waals surface area contributed by atoms with Crippen LogP contribution in [0.2, 0.25) is 10.0 Å². The van der Waals surface area contributed by atoms with Crippen LogP contribution in [0.3, 0.4) is 0 Å². The van der Waals surface area contributed by atoms with Crippen LogP contribution >= 0.6 is 23.2 Å². The first kappa shape index (κ1) is 18.9. The number of carbonyl (C=O) groups excluding carboxylic acids is 1. The lowest BCUT2D eigenvalue weighted by atomic mass is 10.2. The summed E-state index contributed by atoms with van der Waals surface area (Å²) in [6.45, 7) is 0.456. The van der Waals surface area contributed by atoms with Gasteiger partial charge in [0.2, 0.25) is 5.91 Å². The molecule has 6 heteroatoms. The van der Waals surface area contributed by atoms with Crippen LogP contribution in [0.15, 0.2) is 48.5 Å². The Morgan fingerprint density at radius 3 is 2.84 bits per heavy atom. The van der Waals surface area contributed by atoms with Crippen LogP contribution in [-0.2, 0) is 4.79 Å². The molecule has 2 aromatic carbocycles. The lowest BCUT2D eigenvalue weighted by Crippen LogP contribution is -2.08. The van der Waals surface area contributed by atoms with E-state index in [4.69, 9.17) is 33.2 Å². The highest BCUT2D eigenvalue weighted by atomic mass is 35.5. The van der Waals surface area contributed by atoms with Crippen LogP contribution in [0.1, 0.15) is 18.4 Å². The van der Waals surface area contributed by atoms with Crippen molar-refractivity contribution < 1.29 is 9.53 Å². The van der Waals surface area contributed by atoms with E-state index in [-0.39, 0.29) is 5.91 Å².